The standard InChI is InChI=1S/C40H58O2P2/c1-23-17-27(37(5,6)7)20-29(39(11,12)13)33(23)43(41)22-26(4)32-35-25(3)19-31(36(32)43)44(35,42)34-24(2)18-28(38(8,9)10)21-30(34)40(14,15)16/h17-22,31-32,35-36H,1-16H3/t31-,32-,35+,36+,43?,44?/m0/s1. The van der Waals surface area contributed by atoms with E-state index < -0.39 is 14.3 Å². The zero-order valence-corrected chi connectivity index (χ0v) is 32.3. The third kappa shape index (κ3) is 4.87. The molecule has 6 atom stereocenters. The molecule has 0 N–H and O–H groups in total. The maximum Gasteiger partial charge on any atom is 0.141 e. The molecule has 5 rings (SSSR count). The van der Waals surface area contributed by atoms with E-state index in [0.29, 0.717) is 0 Å². The van der Waals surface area contributed by atoms with Crippen LogP contribution in [0.3, 0.4) is 0 Å². The summed E-state index contributed by atoms with van der Waals surface area (Å²) < 4.78 is 32.3. The summed E-state index contributed by atoms with van der Waals surface area (Å²) in [5, 5.41) is 2.11. The second-order valence-electron chi connectivity index (χ2n) is 18.5. The van der Waals surface area contributed by atoms with Gasteiger partial charge in [-0.2, -0.15) is 0 Å². The van der Waals surface area contributed by atoms with Gasteiger partial charge in [0.15, 0.2) is 0 Å². The molecule has 2 unspecified atom stereocenters. The maximum atomic E-state index is 16.2. The average Bonchev–Trinajstić information content (AvgIpc) is 3.35. The Bertz CT molecular complexity index is 1710. The fourth-order valence-corrected chi connectivity index (χ4v) is 19.2. The smallest absolute Gasteiger partial charge is 0.141 e. The van der Waals surface area contributed by atoms with Crippen molar-refractivity contribution in [2.75, 3.05) is 0 Å². The Morgan fingerprint density at radius 1 is 0.568 bits per heavy atom. The number of allylic oxidation sites excluding steroid dienone is 3. The predicted molar refractivity (Wildman–Crippen MR) is 194 cm³/mol. The molecule has 1 fully saturated rings. The lowest BCUT2D eigenvalue weighted by atomic mass is 9.79. The van der Waals surface area contributed by atoms with Gasteiger partial charge in [0.1, 0.15) is 14.3 Å². The van der Waals surface area contributed by atoms with Gasteiger partial charge in [0.2, 0.25) is 0 Å². The molecule has 0 amide bonds. The Morgan fingerprint density at radius 2 is 1.00 bits per heavy atom. The van der Waals surface area contributed by atoms with E-state index in [1.165, 1.54) is 33.4 Å². The molecule has 3 aliphatic heterocycles. The van der Waals surface area contributed by atoms with Crippen molar-refractivity contribution in [1.82, 2.24) is 0 Å². The van der Waals surface area contributed by atoms with E-state index in [1.54, 1.807) is 0 Å². The van der Waals surface area contributed by atoms with Gasteiger partial charge in [0.05, 0.1) is 0 Å². The van der Waals surface area contributed by atoms with Crippen molar-refractivity contribution in [3.05, 3.63) is 80.7 Å². The number of rotatable bonds is 2. The molecule has 0 radical (unpaired) electrons. The van der Waals surface area contributed by atoms with Gasteiger partial charge in [-0.3, -0.25) is 0 Å². The van der Waals surface area contributed by atoms with Gasteiger partial charge >= 0.3 is 0 Å². The van der Waals surface area contributed by atoms with Crippen molar-refractivity contribution in [3.8, 4) is 0 Å². The van der Waals surface area contributed by atoms with Crippen molar-refractivity contribution in [3.63, 3.8) is 0 Å². The Labute approximate surface area is 269 Å². The number of aryl methyl sites for hydroxylation is 2. The topological polar surface area (TPSA) is 34.1 Å². The van der Waals surface area contributed by atoms with E-state index in [9.17, 15) is 0 Å². The molecule has 0 aliphatic carbocycles. The molecular formula is C40H58O2P2. The summed E-state index contributed by atoms with van der Waals surface area (Å²) in [5.74, 6) is 2.21. The second kappa shape index (κ2) is 9.94. The first-order valence-electron chi connectivity index (χ1n) is 16.6. The fraction of sp³-hybridized carbons (Fsp3) is 0.600. The van der Waals surface area contributed by atoms with Gasteiger partial charge in [-0.15, -0.1) is 0 Å². The molecule has 0 aromatic heterocycles. The zero-order chi connectivity index (χ0) is 33.3. The third-order valence-corrected chi connectivity index (χ3v) is 18.9. The van der Waals surface area contributed by atoms with Crippen LogP contribution in [0.1, 0.15) is 130 Å². The van der Waals surface area contributed by atoms with E-state index in [0.717, 1.165) is 21.7 Å². The van der Waals surface area contributed by atoms with Crippen molar-refractivity contribution in [1.29, 1.82) is 0 Å². The van der Waals surface area contributed by atoms with Gasteiger partial charge in [-0.05, 0) is 88.6 Å². The highest BCUT2D eigenvalue weighted by molar-refractivity contribution is 7.80. The molecule has 2 aromatic rings. The van der Waals surface area contributed by atoms with Gasteiger partial charge < -0.3 is 9.13 Å². The SMILES string of the molecule is CC1=CP(=O)(c2c(C)cc(C(C)(C)C)cc2C(C)(C)C)[C@H]2[C@@H]1[C@H]1C(C)=C[C@@H]2P1(=O)c1c(C)cc(C(C)(C)C)cc1C(C)(C)C. The number of benzene rings is 2. The summed E-state index contributed by atoms with van der Waals surface area (Å²) in [4.78, 5) is 0. The van der Waals surface area contributed by atoms with Crippen molar-refractivity contribution in [2.45, 2.75) is 149 Å². The van der Waals surface area contributed by atoms with E-state index >= 15 is 9.13 Å². The monoisotopic (exact) mass is 632 g/mol. The van der Waals surface area contributed by atoms with Gasteiger partial charge in [0, 0.05) is 33.5 Å². The molecule has 240 valence electrons. The van der Waals surface area contributed by atoms with Crippen LogP contribution in [0.25, 0.3) is 0 Å². The molecule has 3 aliphatic rings. The quantitative estimate of drug-likeness (QED) is 0.244. The van der Waals surface area contributed by atoms with Crippen LogP contribution in [0.15, 0.2) is 47.3 Å². The Balaban J connectivity index is 1.80. The number of hydrogen-bond acceptors (Lipinski definition) is 2. The highest BCUT2D eigenvalue weighted by Gasteiger charge is 2.69. The Kier molecular flexibility index (Phi) is 7.62. The molecule has 4 heteroatoms. The maximum absolute atomic E-state index is 16.2. The molecule has 2 nitrogen and oxygen atoms in total. The van der Waals surface area contributed by atoms with E-state index in [4.69, 9.17) is 0 Å². The van der Waals surface area contributed by atoms with Gasteiger partial charge in [0.25, 0.3) is 0 Å². The first kappa shape index (κ1) is 33.7. The largest absolute Gasteiger partial charge is 0.317 e. The van der Waals surface area contributed by atoms with E-state index in [1.807, 2.05) is 0 Å². The van der Waals surface area contributed by atoms with Crippen molar-refractivity contribution < 1.29 is 9.13 Å². The van der Waals surface area contributed by atoms with Crippen LogP contribution in [0.4, 0.5) is 0 Å². The first-order chi connectivity index (χ1) is 19.8. The summed E-state index contributed by atoms with van der Waals surface area (Å²) in [6.45, 7) is 35.8. The van der Waals surface area contributed by atoms with Crippen molar-refractivity contribution in [2.24, 2.45) is 5.92 Å². The fourth-order valence-electron chi connectivity index (χ4n) is 8.67. The zero-order valence-electron chi connectivity index (χ0n) is 30.5. The molecule has 44 heavy (non-hydrogen) atoms. The number of fused-ring (bicyclic) bond motifs is 5. The highest BCUT2D eigenvalue weighted by atomic mass is 31.2. The predicted octanol–water partition coefficient (Wildman–Crippen LogP) is 10.8. The minimum Gasteiger partial charge on any atom is -0.317 e. The second-order valence-corrected chi connectivity index (χ2v) is 24.3. The summed E-state index contributed by atoms with van der Waals surface area (Å²) in [7, 11) is -6.10. The summed E-state index contributed by atoms with van der Waals surface area (Å²) in [6.07, 6.45) is 2.30. The summed E-state index contributed by atoms with van der Waals surface area (Å²) in [5.41, 5.74) is 8.82. The van der Waals surface area contributed by atoms with Crippen LogP contribution in [0.2, 0.25) is 0 Å². The minimum absolute atomic E-state index is 0.00769. The van der Waals surface area contributed by atoms with Crippen LogP contribution in [0, 0.1) is 19.8 Å². The molecule has 0 saturated carbocycles. The molecule has 3 heterocycles. The molecule has 1 saturated heterocycles. The minimum atomic E-state index is -3.08. The van der Waals surface area contributed by atoms with Crippen LogP contribution in [0.5, 0.6) is 0 Å². The lowest BCUT2D eigenvalue weighted by molar-refractivity contribution is 0.547. The average molecular weight is 633 g/mol. The molecular weight excluding hydrogens is 574 g/mol. The lowest BCUT2D eigenvalue weighted by Crippen LogP contribution is -2.34. The highest BCUT2D eigenvalue weighted by Crippen LogP contribution is 2.82. The molecule has 2 aromatic carbocycles. The first-order valence-corrected chi connectivity index (χ1v) is 20.3. The lowest BCUT2D eigenvalue weighted by Gasteiger charge is -2.35. The third-order valence-electron chi connectivity index (χ3n) is 10.8. The van der Waals surface area contributed by atoms with E-state index in [-0.39, 0.29) is 44.6 Å². The Morgan fingerprint density at radius 3 is 1.43 bits per heavy atom. The Hall–Kier alpha value is -1.62. The number of hydrogen-bond donors (Lipinski definition) is 0. The van der Waals surface area contributed by atoms with Gasteiger partial charge in [-0.25, -0.2) is 0 Å². The van der Waals surface area contributed by atoms with E-state index in [2.05, 4.69) is 147 Å². The van der Waals surface area contributed by atoms with Crippen LogP contribution in [-0.2, 0) is 30.8 Å². The van der Waals surface area contributed by atoms with Crippen LogP contribution >= 0.6 is 14.3 Å². The summed E-state index contributed by atoms with van der Waals surface area (Å²) >= 11 is 0. The van der Waals surface area contributed by atoms with Crippen LogP contribution < -0.4 is 10.6 Å². The molecule has 2 bridgehead atoms. The van der Waals surface area contributed by atoms with Crippen molar-refractivity contribution >= 4 is 24.9 Å². The van der Waals surface area contributed by atoms with Crippen LogP contribution in [-0.4, -0.2) is 17.0 Å². The van der Waals surface area contributed by atoms with Gasteiger partial charge in [-0.1, -0.05) is 125 Å². The normalized spacial score (nSPS) is 30.5. The summed E-state index contributed by atoms with van der Waals surface area (Å²) in [6, 6.07) is 9.25. The molecule has 0 spiro atoms.